The van der Waals surface area contributed by atoms with Gasteiger partial charge in [-0.15, -0.1) is 0 Å². The number of amides is 1. The van der Waals surface area contributed by atoms with Crippen LogP contribution in [0.25, 0.3) is 10.2 Å². The highest BCUT2D eigenvalue weighted by molar-refractivity contribution is 7.22. The zero-order chi connectivity index (χ0) is 15.9. The maximum Gasteiger partial charge on any atom is 0.259 e. The van der Waals surface area contributed by atoms with Crippen LogP contribution in [0.3, 0.4) is 0 Å². The Bertz CT molecular complexity index is 897. The van der Waals surface area contributed by atoms with Gasteiger partial charge in [0.05, 0.1) is 20.8 Å². The molecule has 112 valence electrons. The third-order valence-corrected chi connectivity index (χ3v) is 4.07. The average Bonchev–Trinajstić information content (AvgIpc) is 2.83. The van der Waals surface area contributed by atoms with E-state index in [1.165, 1.54) is 18.2 Å². The minimum atomic E-state index is -1.18. The van der Waals surface area contributed by atoms with Crippen molar-refractivity contribution < 1.29 is 18.0 Å². The lowest BCUT2D eigenvalue weighted by molar-refractivity contribution is 0.102. The molecular weight excluding hydrogens is 337 g/mol. The minimum Gasteiger partial charge on any atom is -0.298 e. The van der Waals surface area contributed by atoms with Gasteiger partial charge in [-0.25, -0.2) is 18.2 Å². The van der Waals surface area contributed by atoms with Gasteiger partial charge < -0.3 is 0 Å². The number of carbonyl (C=O) groups is 1. The summed E-state index contributed by atoms with van der Waals surface area (Å²) in [7, 11) is 0. The second-order valence-corrected chi connectivity index (χ2v) is 5.77. The summed E-state index contributed by atoms with van der Waals surface area (Å²) in [5, 5.41) is 2.41. The molecule has 3 rings (SSSR count). The van der Waals surface area contributed by atoms with Crippen molar-refractivity contribution in [2.24, 2.45) is 0 Å². The number of fused-ring (bicyclic) bond motifs is 1. The van der Waals surface area contributed by atoms with Gasteiger partial charge in [-0.2, -0.15) is 0 Å². The van der Waals surface area contributed by atoms with Crippen molar-refractivity contribution in [1.82, 2.24) is 4.98 Å². The predicted octanol–water partition coefficient (Wildman–Crippen LogP) is 4.62. The number of nitrogens with one attached hydrogen (secondary N) is 1. The second-order valence-electron chi connectivity index (χ2n) is 4.33. The highest BCUT2D eigenvalue weighted by Gasteiger charge is 2.16. The molecule has 22 heavy (non-hydrogen) atoms. The summed E-state index contributed by atoms with van der Waals surface area (Å²) >= 11 is 6.78. The summed E-state index contributed by atoms with van der Waals surface area (Å²) in [6, 6.07) is 5.44. The van der Waals surface area contributed by atoms with Gasteiger partial charge in [0, 0.05) is 0 Å². The second kappa shape index (κ2) is 5.58. The van der Waals surface area contributed by atoms with Crippen LogP contribution in [-0.2, 0) is 0 Å². The van der Waals surface area contributed by atoms with E-state index in [4.69, 9.17) is 11.6 Å². The van der Waals surface area contributed by atoms with Gasteiger partial charge >= 0.3 is 0 Å². The Balaban J connectivity index is 1.91. The van der Waals surface area contributed by atoms with Crippen LogP contribution in [0.15, 0.2) is 30.3 Å². The number of anilines is 1. The molecule has 1 heterocycles. The van der Waals surface area contributed by atoms with E-state index >= 15 is 0 Å². The summed E-state index contributed by atoms with van der Waals surface area (Å²) in [6.07, 6.45) is 0. The SMILES string of the molecule is O=C(Nc1nc2ccc(F)cc2s1)c1cc(F)c(F)cc1Cl. The number of hydrogen-bond acceptors (Lipinski definition) is 3. The number of benzene rings is 2. The highest BCUT2D eigenvalue weighted by Crippen LogP contribution is 2.28. The van der Waals surface area contributed by atoms with Crippen molar-refractivity contribution in [1.29, 1.82) is 0 Å². The molecule has 3 nitrogen and oxygen atoms in total. The van der Waals surface area contributed by atoms with E-state index in [1.54, 1.807) is 0 Å². The van der Waals surface area contributed by atoms with Crippen molar-refractivity contribution in [3.05, 3.63) is 58.4 Å². The lowest BCUT2D eigenvalue weighted by Crippen LogP contribution is -2.13. The normalized spacial score (nSPS) is 10.9. The summed E-state index contributed by atoms with van der Waals surface area (Å²) in [5.74, 6) is -3.47. The van der Waals surface area contributed by atoms with Crippen LogP contribution in [-0.4, -0.2) is 10.9 Å². The Hall–Kier alpha value is -2.12. The quantitative estimate of drug-likeness (QED) is 0.690. The standard InChI is InChI=1S/C14H6ClF3N2OS/c15-8-5-10(18)9(17)4-7(8)13(21)20-14-19-11-2-1-6(16)3-12(11)22-14/h1-5H,(H,19,20,21). The number of thiazole rings is 1. The third kappa shape index (κ3) is 2.77. The summed E-state index contributed by atoms with van der Waals surface area (Å²) in [5.41, 5.74) is 0.295. The largest absolute Gasteiger partial charge is 0.298 e. The zero-order valence-corrected chi connectivity index (χ0v) is 12.2. The molecule has 3 aromatic rings. The fourth-order valence-corrected chi connectivity index (χ4v) is 2.93. The van der Waals surface area contributed by atoms with Crippen molar-refractivity contribution >= 4 is 44.2 Å². The summed E-state index contributed by atoms with van der Waals surface area (Å²) in [6.45, 7) is 0. The fourth-order valence-electron chi connectivity index (χ4n) is 1.81. The number of aromatic nitrogens is 1. The van der Waals surface area contributed by atoms with Crippen LogP contribution in [0.2, 0.25) is 5.02 Å². The molecular formula is C14H6ClF3N2OS. The molecule has 0 aliphatic heterocycles. The van der Waals surface area contributed by atoms with Gasteiger partial charge in [0.25, 0.3) is 5.91 Å². The van der Waals surface area contributed by atoms with E-state index in [0.717, 1.165) is 17.4 Å². The number of nitrogens with zero attached hydrogens (tertiary/aromatic N) is 1. The molecule has 0 radical (unpaired) electrons. The highest BCUT2D eigenvalue weighted by atomic mass is 35.5. The number of carbonyl (C=O) groups excluding carboxylic acids is 1. The smallest absolute Gasteiger partial charge is 0.259 e. The molecule has 2 aromatic carbocycles. The van der Waals surface area contributed by atoms with Crippen LogP contribution in [0.5, 0.6) is 0 Å². The van der Waals surface area contributed by atoms with E-state index in [9.17, 15) is 18.0 Å². The van der Waals surface area contributed by atoms with E-state index < -0.39 is 23.4 Å². The van der Waals surface area contributed by atoms with E-state index in [0.29, 0.717) is 16.3 Å². The first-order valence-corrected chi connectivity index (χ1v) is 7.15. The average molecular weight is 343 g/mol. The van der Waals surface area contributed by atoms with E-state index in [1.807, 2.05) is 0 Å². The molecule has 0 bridgehead atoms. The number of rotatable bonds is 2. The molecule has 8 heteroatoms. The summed E-state index contributed by atoms with van der Waals surface area (Å²) in [4.78, 5) is 16.1. The van der Waals surface area contributed by atoms with Gasteiger partial charge in [0.15, 0.2) is 16.8 Å². The molecule has 0 atom stereocenters. The molecule has 0 unspecified atom stereocenters. The Morgan fingerprint density at radius 2 is 1.86 bits per heavy atom. The van der Waals surface area contributed by atoms with E-state index in [2.05, 4.69) is 10.3 Å². The molecule has 1 N–H and O–H groups in total. The predicted molar refractivity (Wildman–Crippen MR) is 78.9 cm³/mol. The van der Waals surface area contributed by atoms with Gasteiger partial charge in [0.1, 0.15) is 5.82 Å². The lowest BCUT2D eigenvalue weighted by atomic mass is 10.2. The van der Waals surface area contributed by atoms with Crippen LogP contribution in [0.4, 0.5) is 18.3 Å². The third-order valence-electron chi connectivity index (χ3n) is 2.83. The first-order valence-electron chi connectivity index (χ1n) is 5.96. The van der Waals surface area contributed by atoms with Gasteiger partial charge in [-0.1, -0.05) is 22.9 Å². The molecule has 0 aliphatic rings. The lowest BCUT2D eigenvalue weighted by Gasteiger charge is -2.04. The number of hydrogen-bond donors (Lipinski definition) is 1. The van der Waals surface area contributed by atoms with Gasteiger partial charge in [-0.3, -0.25) is 10.1 Å². The maximum atomic E-state index is 13.2. The molecule has 0 saturated heterocycles. The molecule has 0 aliphatic carbocycles. The van der Waals surface area contributed by atoms with Crippen molar-refractivity contribution in [2.75, 3.05) is 5.32 Å². The molecule has 0 saturated carbocycles. The Labute approximate surface area is 131 Å². The topological polar surface area (TPSA) is 42.0 Å². The van der Waals surface area contributed by atoms with Crippen LogP contribution >= 0.6 is 22.9 Å². The molecule has 1 aromatic heterocycles. The van der Waals surface area contributed by atoms with Crippen LogP contribution in [0.1, 0.15) is 10.4 Å². The van der Waals surface area contributed by atoms with Crippen molar-refractivity contribution in [2.45, 2.75) is 0 Å². The number of halogens is 4. The van der Waals surface area contributed by atoms with Gasteiger partial charge in [0.2, 0.25) is 0 Å². The Morgan fingerprint density at radius 3 is 2.64 bits per heavy atom. The van der Waals surface area contributed by atoms with Gasteiger partial charge in [-0.05, 0) is 30.3 Å². The Morgan fingerprint density at radius 1 is 1.14 bits per heavy atom. The van der Waals surface area contributed by atoms with Crippen LogP contribution in [0, 0.1) is 17.5 Å². The van der Waals surface area contributed by atoms with Crippen molar-refractivity contribution in [3.8, 4) is 0 Å². The first-order chi connectivity index (χ1) is 10.4. The molecule has 0 fully saturated rings. The van der Waals surface area contributed by atoms with Crippen LogP contribution < -0.4 is 5.32 Å². The zero-order valence-electron chi connectivity index (χ0n) is 10.7. The summed E-state index contributed by atoms with van der Waals surface area (Å²) < 4.78 is 39.8. The Kier molecular flexibility index (Phi) is 3.76. The van der Waals surface area contributed by atoms with E-state index in [-0.39, 0.29) is 15.7 Å². The molecule has 1 amide bonds. The molecule has 0 spiro atoms. The fraction of sp³-hybridized carbons (Fsp3) is 0. The monoisotopic (exact) mass is 342 g/mol. The first kappa shape index (κ1) is 14.8. The minimum absolute atomic E-state index is 0.200. The van der Waals surface area contributed by atoms with Crippen molar-refractivity contribution in [3.63, 3.8) is 0 Å². The maximum absolute atomic E-state index is 13.2.